The van der Waals surface area contributed by atoms with E-state index in [-0.39, 0.29) is 18.6 Å². The smallest absolute Gasteiger partial charge is 0.328 e. The molecule has 196 valence electrons. The van der Waals surface area contributed by atoms with Crippen LogP contribution < -0.4 is 21.7 Å². The van der Waals surface area contributed by atoms with E-state index in [9.17, 15) is 34.5 Å². The summed E-state index contributed by atoms with van der Waals surface area (Å²) in [4.78, 5) is 49.7. The molecule has 1 rings (SSSR count). The Morgan fingerprint density at radius 2 is 1.51 bits per heavy atom. The number of carbonyl (C=O) groups is 4. The fraction of sp³-hybridized carbons (Fsp3) is 0.565. The number of benzene rings is 1. The van der Waals surface area contributed by atoms with Gasteiger partial charge < -0.3 is 37.0 Å². The number of phenols is 1. The van der Waals surface area contributed by atoms with Crippen molar-refractivity contribution < 1.29 is 34.5 Å². The van der Waals surface area contributed by atoms with Gasteiger partial charge in [0.1, 0.15) is 17.8 Å². The van der Waals surface area contributed by atoms with Gasteiger partial charge in [-0.05, 0) is 55.4 Å². The van der Waals surface area contributed by atoms with Gasteiger partial charge in [0, 0.05) is 0 Å². The fourth-order valence-electron chi connectivity index (χ4n) is 3.18. The molecule has 8 N–H and O–H groups in total. The lowest BCUT2D eigenvalue weighted by Crippen LogP contribution is -2.59. The minimum Gasteiger partial charge on any atom is -0.508 e. The fourth-order valence-corrected chi connectivity index (χ4v) is 3.65. The monoisotopic (exact) mass is 512 g/mol. The predicted octanol–water partition coefficient (Wildman–Crippen LogP) is -0.409. The van der Waals surface area contributed by atoms with Crippen LogP contribution in [0, 0.1) is 5.92 Å². The molecule has 3 amide bonds. The van der Waals surface area contributed by atoms with E-state index in [1.165, 1.54) is 30.8 Å². The van der Waals surface area contributed by atoms with Crippen LogP contribution in [-0.2, 0) is 25.6 Å². The Morgan fingerprint density at radius 3 is 2.00 bits per heavy atom. The maximum Gasteiger partial charge on any atom is 0.328 e. The number of carboxylic acid groups (broad SMARTS) is 1. The van der Waals surface area contributed by atoms with Gasteiger partial charge in [0.15, 0.2) is 6.04 Å². The van der Waals surface area contributed by atoms with Gasteiger partial charge in [0.05, 0.1) is 12.1 Å². The van der Waals surface area contributed by atoms with Crippen LogP contribution in [0.2, 0.25) is 0 Å². The van der Waals surface area contributed by atoms with Gasteiger partial charge in [-0.15, -0.1) is 0 Å². The van der Waals surface area contributed by atoms with E-state index in [0.717, 1.165) is 5.56 Å². The average molecular weight is 513 g/mol. The highest BCUT2D eigenvalue weighted by Crippen LogP contribution is 2.12. The molecule has 12 heteroatoms. The molecule has 5 unspecified atom stereocenters. The number of aliphatic hydroxyl groups is 1. The standard InChI is InChI=1S/C23H36N4O7S/c1-12(2)18(22(32)27-19(13(3)28)23(33)34)26-21(31)17(9-10-35-4)25-20(30)16(24)11-14-5-7-15(29)8-6-14/h5-8,12-13,16-19,28-29H,9-11,24H2,1-4H3,(H,25,30)(H,26,31)(H,27,32)(H,33,34). The summed E-state index contributed by atoms with van der Waals surface area (Å²) in [7, 11) is 0. The zero-order valence-electron chi connectivity index (χ0n) is 20.4. The number of aliphatic hydroxyl groups excluding tert-OH is 1. The Bertz CT molecular complexity index is 864. The Balaban J connectivity index is 2.91. The van der Waals surface area contributed by atoms with Gasteiger partial charge in [-0.2, -0.15) is 11.8 Å². The SMILES string of the molecule is CSCCC(NC(=O)C(N)Cc1ccc(O)cc1)C(=O)NC(C(=O)NC(C(=O)O)C(C)O)C(C)C. The Labute approximate surface area is 209 Å². The highest BCUT2D eigenvalue weighted by atomic mass is 32.2. The number of phenolic OH excluding ortho intramolecular Hbond substituents is 1. The van der Waals surface area contributed by atoms with Gasteiger partial charge in [-0.1, -0.05) is 26.0 Å². The molecule has 0 aliphatic rings. The lowest BCUT2D eigenvalue weighted by Gasteiger charge is -2.27. The molecule has 0 aliphatic carbocycles. The van der Waals surface area contributed by atoms with Crippen molar-refractivity contribution in [3.8, 4) is 5.75 Å². The van der Waals surface area contributed by atoms with Crippen molar-refractivity contribution in [3.05, 3.63) is 29.8 Å². The molecule has 0 aromatic heterocycles. The van der Waals surface area contributed by atoms with Gasteiger partial charge in [0.2, 0.25) is 17.7 Å². The zero-order valence-corrected chi connectivity index (χ0v) is 21.2. The van der Waals surface area contributed by atoms with E-state index in [0.29, 0.717) is 5.75 Å². The third kappa shape index (κ3) is 10.1. The second kappa shape index (κ2) is 14.5. The summed E-state index contributed by atoms with van der Waals surface area (Å²) < 4.78 is 0. The molecule has 0 fully saturated rings. The van der Waals surface area contributed by atoms with Crippen molar-refractivity contribution in [2.24, 2.45) is 11.7 Å². The number of thioether (sulfide) groups is 1. The number of nitrogens with one attached hydrogen (secondary N) is 3. The normalized spacial score (nSPS) is 15.4. The van der Waals surface area contributed by atoms with E-state index < -0.39 is 59.9 Å². The number of carbonyl (C=O) groups excluding carboxylic acids is 3. The van der Waals surface area contributed by atoms with Crippen molar-refractivity contribution >= 4 is 35.5 Å². The first-order valence-corrected chi connectivity index (χ1v) is 12.6. The summed E-state index contributed by atoms with van der Waals surface area (Å²) in [6.07, 6.45) is 0.974. The third-order valence-corrected chi connectivity index (χ3v) is 5.91. The number of aromatic hydroxyl groups is 1. The van der Waals surface area contributed by atoms with Crippen LogP contribution in [0.15, 0.2) is 24.3 Å². The number of carboxylic acids is 1. The van der Waals surface area contributed by atoms with Crippen LogP contribution in [0.25, 0.3) is 0 Å². The second-order valence-corrected chi connectivity index (χ2v) is 9.60. The van der Waals surface area contributed by atoms with Crippen LogP contribution in [0.3, 0.4) is 0 Å². The van der Waals surface area contributed by atoms with Crippen molar-refractivity contribution in [2.75, 3.05) is 12.0 Å². The Hall–Kier alpha value is -2.83. The molecule has 0 bridgehead atoms. The summed E-state index contributed by atoms with van der Waals surface area (Å²) in [6, 6.07) is 1.70. The Kier molecular flexibility index (Phi) is 12.5. The van der Waals surface area contributed by atoms with Crippen LogP contribution in [0.5, 0.6) is 5.75 Å². The van der Waals surface area contributed by atoms with E-state index >= 15 is 0 Å². The molecule has 1 aromatic carbocycles. The van der Waals surface area contributed by atoms with E-state index in [4.69, 9.17) is 5.73 Å². The number of hydrogen-bond acceptors (Lipinski definition) is 8. The first-order chi connectivity index (χ1) is 16.4. The van der Waals surface area contributed by atoms with Crippen LogP contribution >= 0.6 is 11.8 Å². The molecule has 0 heterocycles. The van der Waals surface area contributed by atoms with E-state index in [1.807, 2.05) is 6.26 Å². The highest BCUT2D eigenvalue weighted by Gasteiger charge is 2.33. The van der Waals surface area contributed by atoms with Gasteiger partial charge in [-0.25, -0.2) is 4.79 Å². The lowest BCUT2D eigenvalue weighted by atomic mass is 10.0. The number of aliphatic carboxylic acids is 1. The summed E-state index contributed by atoms with van der Waals surface area (Å²) in [5.74, 6) is -3.10. The largest absolute Gasteiger partial charge is 0.508 e. The van der Waals surface area contributed by atoms with Gasteiger partial charge >= 0.3 is 5.97 Å². The van der Waals surface area contributed by atoms with Crippen molar-refractivity contribution in [2.45, 2.75) is 63.9 Å². The topological polar surface area (TPSA) is 191 Å². The molecule has 35 heavy (non-hydrogen) atoms. The first-order valence-electron chi connectivity index (χ1n) is 11.2. The number of amides is 3. The molecule has 0 radical (unpaired) electrons. The predicted molar refractivity (Wildman–Crippen MR) is 133 cm³/mol. The van der Waals surface area contributed by atoms with Gasteiger partial charge in [-0.3, -0.25) is 14.4 Å². The number of rotatable bonds is 14. The quantitative estimate of drug-likeness (QED) is 0.174. The molecular formula is C23H36N4O7S. The first kappa shape index (κ1) is 30.2. The number of hydrogen-bond donors (Lipinski definition) is 7. The molecular weight excluding hydrogens is 476 g/mol. The van der Waals surface area contributed by atoms with Gasteiger partial charge in [0.25, 0.3) is 0 Å². The van der Waals surface area contributed by atoms with Crippen LogP contribution in [0.4, 0.5) is 0 Å². The summed E-state index contributed by atoms with van der Waals surface area (Å²) in [6.45, 7) is 4.58. The summed E-state index contributed by atoms with van der Waals surface area (Å²) in [5.41, 5.74) is 6.75. The molecule has 0 saturated carbocycles. The van der Waals surface area contributed by atoms with E-state index in [1.54, 1.807) is 26.0 Å². The molecule has 0 aliphatic heterocycles. The maximum atomic E-state index is 13.0. The van der Waals surface area contributed by atoms with E-state index in [2.05, 4.69) is 16.0 Å². The minimum atomic E-state index is -1.54. The second-order valence-electron chi connectivity index (χ2n) is 8.62. The van der Waals surface area contributed by atoms with Crippen LogP contribution in [0.1, 0.15) is 32.8 Å². The maximum absolute atomic E-state index is 13.0. The Morgan fingerprint density at radius 1 is 0.943 bits per heavy atom. The molecule has 11 nitrogen and oxygen atoms in total. The number of nitrogens with two attached hydrogens (primary N) is 1. The van der Waals surface area contributed by atoms with Crippen molar-refractivity contribution in [3.63, 3.8) is 0 Å². The minimum absolute atomic E-state index is 0.0902. The third-order valence-electron chi connectivity index (χ3n) is 5.27. The molecule has 1 aromatic rings. The molecule has 0 saturated heterocycles. The zero-order chi connectivity index (χ0) is 26.7. The summed E-state index contributed by atoms with van der Waals surface area (Å²) >= 11 is 1.47. The highest BCUT2D eigenvalue weighted by molar-refractivity contribution is 7.98. The summed E-state index contributed by atoms with van der Waals surface area (Å²) in [5, 5.41) is 35.7. The van der Waals surface area contributed by atoms with Crippen molar-refractivity contribution in [1.29, 1.82) is 0 Å². The van der Waals surface area contributed by atoms with Crippen LogP contribution in [-0.4, -0.2) is 81.3 Å². The molecule has 0 spiro atoms. The molecule has 5 atom stereocenters. The van der Waals surface area contributed by atoms with Crippen molar-refractivity contribution in [1.82, 2.24) is 16.0 Å². The average Bonchev–Trinajstić information content (AvgIpc) is 2.78. The lowest BCUT2D eigenvalue weighted by molar-refractivity contribution is -0.145.